The van der Waals surface area contributed by atoms with E-state index in [2.05, 4.69) is 180 Å². The highest BCUT2D eigenvalue weighted by Gasteiger charge is 2.18. The molecule has 0 atom stereocenters. The van der Waals surface area contributed by atoms with Crippen LogP contribution in [0.5, 0.6) is 0 Å². The number of para-hydroxylation sites is 4. The second-order valence-electron chi connectivity index (χ2n) is 13.2. The Hall–Kier alpha value is -6.64. The number of benzene rings is 9. The van der Waals surface area contributed by atoms with E-state index in [1.807, 2.05) is 0 Å². The van der Waals surface area contributed by atoms with Crippen LogP contribution in [0, 0.1) is 0 Å². The Labute approximate surface area is 288 Å². The first-order valence-corrected chi connectivity index (χ1v) is 17.2. The summed E-state index contributed by atoms with van der Waals surface area (Å²) in [7, 11) is 0. The summed E-state index contributed by atoms with van der Waals surface area (Å²) in [6.45, 7) is 0. The molecular formula is C48H29NO. The van der Waals surface area contributed by atoms with Crippen LogP contribution in [-0.2, 0) is 0 Å². The topological polar surface area (TPSA) is 18.1 Å². The number of nitrogens with zero attached hydrogens (tertiary/aromatic N) is 1. The van der Waals surface area contributed by atoms with Crippen molar-refractivity contribution in [3.63, 3.8) is 0 Å². The summed E-state index contributed by atoms with van der Waals surface area (Å²) < 4.78 is 9.33. The van der Waals surface area contributed by atoms with Gasteiger partial charge in [-0.1, -0.05) is 146 Å². The number of aromatic nitrogens is 1. The molecule has 9 aromatic carbocycles. The van der Waals surface area contributed by atoms with Crippen molar-refractivity contribution in [2.45, 2.75) is 0 Å². The SMILES string of the molecule is c1cc(-c2cccc3c2oc2c(-c4ccc5c6ccccc6c6ccccc6c5c4)cccc23)cc(-n2c3ccccc3c3ccccc32)c1. The van der Waals surface area contributed by atoms with Crippen LogP contribution in [-0.4, -0.2) is 4.57 Å². The van der Waals surface area contributed by atoms with Crippen molar-refractivity contribution in [2.24, 2.45) is 0 Å². The molecule has 0 saturated carbocycles. The molecule has 0 unspecified atom stereocenters. The van der Waals surface area contributed by atoms with Gasteiger partial charge in [0, 0.05) is 38.4 Å². The van der Waals surface area contributed by atoms with Crippen LogP contribution in [0.2, 0.25) is 0 Å². The van der Waals surface area contributed by atoms with E-state index in [4.69, 9.17) is 4.42 Å². The average molecular weight is 636 g/mol. The van der Waals surface area contributed by atoms with Crippen molar-refractivity contribution < 1.29 is 4.42 Å². The molecule has 0 fully saturated rings. The van der Waals surface area contributed by atoms with Crippen LogP contribution in [0.3, 0.4) is 0 Å². The predicted octanol–water partition coefficient (Wildman–Crippen LogP) is 13.5. The van der Waals surface area contributed by atoms with E-state index in [-0.39, 0.29) is 0 Å². The molecule has 0 aliphatic carbocycles. The van der Waals surface area contributed by atoms with Crippen molar-refractivity contribution in [3.05, 3.63) is 176 Å². The fourth-order valence-electron chi connectivity index (χ4n) is 8.36. The Balaban J connectivity index is 1.11. The monoisotopic (exact) mass is 635 g/mol. The number of rotatable bonds is 3. The third-order valence-corrected chi connectivity index (χ3v) is 10.6. The third-order valence-electron chi connectivity index (χ3n) is 10.6. The first-order valence-electron chi connectivity index (χ1n) is 17.2. The first kappa shape index (κ1) is 27.3. The molecule has 11 aromatic rings. The number of hydrogen-bond acceptors (Lipinski definition) is 1. The van der Waals surface area contributed by atoms with Gasteiger partial charge >= 0.3 is 0 Å². The minimum absolute atomic E-state index is 0.909. The van der Waals surface area contributed by atoms with Gasteiger partial charge in [0.1, 0.15) is 11.2 Å². The lowest BCUT2D eigenvalue weighted by Crippen LogP contribution is -1.94. The zero-order valence-corrected chi connectivity index (χ0v) is 27.1. The van der Waals surface area contributed by atoms with Gasteiger partial charge in [-0.2, -0.15) is 0 Å². The van der Waals surface area contributed by atoms with Crippen LogP contribution < -0.4 is 0 Å². The Morgan fingerprint density at radius 1 is 0.300 bits per heavy atom. The molecule has 0 spiro atoms. The van der Waals surface area contributed by atoms with E-state index >= 15 is 0 Å². The Morgan fingerprint density at radius 2 is 0.740 bits per heavy atom. The largest absolute Gasteiger partial charge is 0.455 e. The number of furan rings is 1. The fourth-order valence-corrected chi connectivity index (χ4v) is 8.36. The molecule has 232 valence electrons. The van der Waals surface area contributed by atoms with Crippen LogP contribution in [0.25, 0.3) is 104 Å². The molecule has 2 nitrogen and oxygen atoms in total. The summed E-state index contributed by atoms with van der Waals surface area (Å²) in [5, 5.41) is 12.4. The summed E-state index contributed by atoms with van der Waals surface area (Å²) in [6, 6.07) is 63.6. The third kappa shape index (κ3) is 3.85. The predicted molar refractivity (Wildman–Crippen MR) is 211 cm³/mol. The van der Waals surface area contributed by atoms with Crippen molar-refractivity contribution in [3.8, 4) is 27.9 Å². The highest BCUT2D eigenvalue weighted by molar-refractivity contribution is 6.26. The Bertz CT molecular complexity index is 3070. The molecule has 2 heterocycles. The zero-order chi connectivity index (χ0) is 32.8. The van der Waals surface area contributed by atoms with Crippen molar-refractivity contribution in [2.75, 3.05) is 0 Å². The van der Waals surface area contributed by atoms with Gasteiger partial charge in [0.25, 0.3) is 0 Å². The molecule has 0 bridgehead atoms. The van der Waals surface area contributed by atoms with Gasteiger partial charge in [0.2, 0.25) is 0 Å². The molecule has 2 aromatic heterocycles. The normalized spacial score (nSPS) is 12.0. The smallest absolute Gasteiger partial charge is 0.143 e. The van der Waals surface area contributed by atoms with Crippen LogP contribution in [0.4, 0.5) is 0 Å². The summed E-state index contributed by atoms with van der Waals surface area (Å²) in [6.07, 6.45) is 0. The van der Waals surface area contributed by atoms with E-state index in [0.717, 1.165) is 49.9 Å². The van der Waals surface area contributed by atoms with Gasteiger partial charge in [-0.25, -0.2) is 0 Å². The lowest BCUT2D eigenvalue weighted by atomic mass is 9.92. The summed E-state index contributed by atoms with van der Waals surface area (Å²) in [5.41, 5.74) is 9.82. The van der Waals surface area contributed by atoms with Gasteiger partial charge in [-0.3, -0.25) is 0 Å². The maximum absolute atomic E-state index is 6.96. The van der Waals surface area contributed by atoms with Gasteiger partial charge < -0.3 is 8.98 Å². The van der Waals surface area contributed by atoms with Crippen molar-refractivity contribution >= 4 is 76.1 Å². The highest BCUT2D eigenvalue weighted by atomic mass is 16.3. The molecule has 50 heavy (non-hydrogen) atoms. The number of fused-ring (bicyclic) bond motifs is 12. The molecule has 0 N–H and O–H groups in total. The second-order valence-corrected chi connectivity index (χ2v) is 13.2. The minimum Gasteiger partial charge on any atom is -0.455 e. The lowest BCUT2D eigenvalue weighted by molar-refractivity contribution is 0.671. The standard InChI is InChI=1S/C48H29NO/c1-2-16-37-35(14-1)36-15-3-4-17-38(36)44-29-31(26-27-39(37)44)34-21-11-23-43-42-22-10-20-33(47(42)50-48(34)43)30-12-9-13-32(28-30)49-45-24-7-5-18-40(45)41-19-6-8-25-46(41)49/h1-29H. The molecular weight excluding hydrogens is 607 g/mol. The molecule has 0 aliphatic rings. The van der Waals surface area contributed by atoms with Crippen LogP contribution >= 0.6 is 0 Å². The van der Waals surface area contributed by atoms with E-state index in [1.165, 1.54) is 54.1 Å². The van der Waals surface area contributed by atoms with Crippen molar-refractivity contribution in [1.82, 2.24) is 4.57 Å². The summed E-state index contributed by atoms with van der Waals surface area (Å²) >= 11 is 0. The molecule has 2 heteroatoms. The second kappa shape index (κ2) is 10.4. The maximum Gasteiger partial charge on any atom is 0.143 e. The van der Waals surface area contributed by atoms with Crippen LogP contribution in [0.15, 0.2) is 180 Å². The van der Waals surface area contributed by atoms with Crippen LogP contribution in [0.1, 0.15) is 0 Å². The van der Waals surface area contributed by atoms with E-state index in [9.17, 15) is 0 Å². The zero-order valence-electron chi connectivity index (χ0n) is 27.1. The first-order chi connectivity index (χ1) is 24.8. The molecule has 0 amide bonds. The van der Waals surface area contributed by atoms with Gasteiger partial charge in [0.05, 0.1) is 11.0 Å². The molecule has 0 radical (unpaired) electrons. The highest BCUT2D eigenvalue weighted by Crippen LogP contribution is 2.43. The molecule has 0 aliphatic heterocycles. The van der Waals surface area contributed by atoms with E-state index < -0.39 is 0 Å². The summed E-state index contributed by atoms with van der Waals surface area (Å²) in [5.74, 6) is 0. The molecule has 11 rings (SSSR count). The Kier molecular flexibility index (Phi) is 5.70. The maximum atomic E-state index is 6.96. The van der Waals surface area contributed by atoms with Gasteiger partial charge in [-0.15, -0.1) is 0 Å². The van der Waals surface area contributed by atoms with Gasteiger partial charge in [0.15, 0.2) is 0 Å². The van der Waals surface area contributed by atoms with Crippen molar-refractivity contribution in [1.29, 1.82) is 0 Å². The van der Waals surface area contributed by atoms with Gasteiger partial charge in [-0.05, 0) is 73.8 Å². The fraction of sp³-hybridized carbons (Fsp3) is 0. The van der Waals surface area contributed by atoms with E-state index in [1.54, 1.807) is 0 Å². The van der Waals surface area contributed by atoms with E-state index in [0.29, 0.717) is 0 Å². The summed E-state index contributed by atoms with van der Waals surface area (Å²) in [4.78, 5) is 0. The quantitative estimate of drug-likeness (QED) is 0.177. The lowest BCUT2D eigenvalue weighted by Gasteiger charge is -2.12. The Morgan fingerprint density at radius 3 is 1.32 bits per heavy atom. The molecule has 0 saturated heterocycles. The number of hydrogen-bond donors (Lipinski definition) is 0. The minimum atomic E-state index is 0.909. The average Bonchev–Trinajstić information content (AvgIpc) is 3.74.